The van der Waals surface area contributed by atoms with E-state index < -0.39 is 0 Å². The molecule has 1 aromatic rings. The third-order valence-electron chi connectivity index (χ3n) is 1.22. The van der Waals surface area contributed by atoms with Crippen molar-refractivity contribution in [2.75, 3.05) is 0 Å². The molecule has 0 fully saturated rings. The van der Waals surface area contributed by atoms with Crippen molar-refractivity contribution in [1.29, 1.82) is 0 Å². The number of para-hydroxylation sites is 2. The van der Waals surface area contributed by atoms with Crippen LogP contribution in [0.25, 0.3) is 0 Å². The fourth-order valence-electron chi connectivity index (χ4n) is 0.703. The minimum atomic E-state index is 0.0965. The second-order valence-corrected chi connectivity index (χ2v) is 2.05. The largest absolute Gasteiger partial charge is 0.504 e. The molecule has 0 amide bonds. The number of phenols is 1. The maximum absolute atomic E-state index is 9.20. The lowest BCUT2D eigenvalue weighted by atomic mass is 10.3. The summed E-state index contributed by atoms with van der Waals surface area (Å²) in [4.78, 5) is 0. The highest BCUT2D eigenvalue weighted by Crippen LogP contribution is 2.24. The number of ether oxygens (including phenoxy) is 1. The average Bonchev–Trinajstić information content (AvgIpc) is 2.09. The summed E-state index contributed by atoms with van der Waals surface area (Å²) in [7, 11) is 0. The molecule has 2 nitrogen and oxygen atoms in total. The quantitative estimate of drug-likeness (QED) is 0.529. The molecule has 0 aliphatic rings. The van der Waals surface area contributed by atoms with Gasteiger partial charge in [-0.1, -0.05) is 18.1 Å². The van der Waals surface area contributed by atoms with E-state index in [1.54, 1.807) is 24.3 Å². The van der Waals surface area contributed by atoms with E-state index in [2.05, 4.69) is 5.92 Å². The number of hydrogen-bond donors (Lipinski definition) is 1. The molecule has 0 aliphatic carbocycles. The first-order valence-electron chi connectivity index (χ1n) is 3.40. The van der Waals surface area contributed by atoms with Crippen LogP contribution in [0.5, 0.6) is 11.5 Å². The molecule has 0 spiro atoms. The number of aromatic hydroxyl groups is 1. The highest BCUT2D eigenvalue weighted by atomic mass is 16.5. The maximum atomic E-state index is 9.20. The van der Waals surface area contributed by atoms with Crippen LogP contribution in [-0.2, 0) is 0 Å². The van der Waals surface area contributed by atoms with E-state index in [0.717, 1.165) is 0 Å². The Morgan fingerprint density at radius 1 is 1.42 bits per heavy atom. The Kier molecular flexibility index (Phi) is 2.80. The summed E-state index contributed by atoms with van der Waals surface area (Å²) in [5, 5.41) is 9.20. The van der Waals surface area contributed by atoms with Crippen molar-refractivity contribution in [2.45, 2.75) is 0 Å². The second kappa shape index (κ2) is 4.09. The zero-order valence-corrected chi connectivity index (χ0v) is 6.40. The Labute approximate surface area is 71.1 Å². The molecule has 0 unspecified atom stereocenters. The van der Waals surface area contributed by atoms with Gasteiger partial charge in [-0.05, 0) is 12.1 Å². The third-order valence-corrected chi connectivity index (χ3v) is 1.22. The van der Waals surface area contributed by atoms with Gasteiger partial charge in [0.25, 0.3) is 0 Å². The van der Waals surface area contributed by atoms with Crippen molar-refractivity contribution in [3.05, 3.63) is 36.6 Å². The molecule has 1 rings (SSSR count). The van der Waals surface area contributed by atoms with E-state index in [9.17, 15) is 5.11 Å². The number of allylic oxidation sites excluding steroid dienone is 1. The Hall–Kier alpha value is -1.88. The molecule has 1 N–H and O–H groups in total. The van der Waals surface area contributed by atoms with Crippen LogP contribution in [0.1, 0.15) is 0 Å². The monoisotopic (exact) mass is 160 g/mol. The van der Waals surface area contributed by atoms with E-state index in [-0.39, 0.29) is 5.75 Å². The van der Waals surface area contributed by atoms with Gasteiger partial charge in [-0.2, -0.15) is 0 Å². The minimum Gasteiger partial charge on any atom is -0.504 e. The highest BCUT2D eigenvalue weighted by molar-refractivity contribution is 5.38. The van der Waals surface area contributed by atoms with Crippen LogP contribution >= 0.6 is 0 Å². The summed E-state index contributed by atoms with van der Waals surface area (Å²) in [6.07, 6.45) is 7.70. The molecule has 0 atom stereocenters. The normalized spacial score (nSPS) is 9.58. The maximum Gasteiger partial charge on any atom is 0.168 e. The van der Waals surface area contributed by atoms with E-state index in [4.69, 9.17) is 11.2 Å². The van der Waals surface area contributed by atoms with Crippen molar-refractivity contribution in [2.24, 2.45) is 0 Å². The van der Waals surface area contributed by atoms with Gasteiger partial charge in [-0.25, -0.2) is 0 Å². The lowest BCUT2D eigenvalue weighted by Crippen LogP contribution is -1.80. The van der Waals surface area contributed by atoms with Gasteiger partial charge in [0.2, 0.25) is 0 Å². The number of benzene rings is 1. The smallest absolute Gasteiger partial charge is 0.168 e. The Morgan fingerprint density at radius 2 is 2.17 bits per heavy atom. The average molecular weight is 160 g/mol. The van der Waals surface area contributed by atoms with E-state index in [1.165, 1.54) is 12.3 Å². The highest BCUT2D eigenvalue weighted by Gasteiger charge is 1.95. The van der Waals surface area contributed by atoms with Gasteiger partial charge < -0.3 is 9.84 Å². The van der Waals surface area contributed by atoms with Crippen molar-refractivity contribution < 1.29 is 9.84 Å². The zero-order chi connectivity index (χ0) is 8.81. The van der Waals surface area contributed by atoms with Crippen molar-refractivity contribution in [3.63, 3.8) is 0 Å². The number of hydrogen-bond acceptors (Lipinski definition) is 2. The molecular formula is C10H8O2. The summed E-state index contributed by atoms with van der Waals surface area (Å²) in [6, 6.07) is 6.67. The van der Waals surface area contributed by atoms with Crippen LogP contribution in [0, 0.1) is 12.3 Å². The predicted octanol–water partition coefficient (Wildman–Crippen LogP) is 1.92. The van der Waals surface area contributed by atoms with Gasteiger partial charge in [0.15, 0.2) is 11.5 Å². The molecule has 2 heteroatoms. The molecule has 60 valence electrons. The topological polar surface area (TPSA) is 29.5 Å². The molecular weight excluding hydrogens is 152 g/mol. The molecule has 0 saturated heterocycles. The SMILES string of the molecule is C#C/C=C/Oc1ccccc1O. The second-order valence-electron chi connectivity index (χ2n) is 2.05. The Morgan fingerprint density at radius 3 is 2.83 bits per heavy atom. The minimum absolute atomic E-state index is 0.0965. The van der Waals surface area contributed by atoms with Gasteiger partial charge in [0, 0.05) is 6.08 Å². The van der Waals surface area contributed by atoms with Crippen molar-refractivity contribution >= 4 is 0 Å². The van der Waals surface area contributed by atoms with Crippen LogP contribution in [0.2, 0.25) is 0 Å². The van der Waals surface area contributed by atoms with Crippen LogP contribution in [0.3, 0.4) is 0 Å². The number of terminal acetylenes is 1. The first kappa shape index (κ1) is 8.22. The lowest BCUT2D eigenvalue weighted by molar-refractivity contribution is 0.410. The predicted molar refractivity (Wildman–Crippen MR) is 46.7 cm³/mol. The number of rotatable bonds is 2. The standard InChI is InChI=1S/C10H8O2/c1-2-3-8-12-10-7-5-4-6-9(10)11/h1,3-8,11H/b8-3+. The third kappa shape index (κ3) is 2.06. The van der Waals surface area contributed by atoms with E-state index >= 15 is 0 Å². The van der Waals surface area contributed by atoms with Gasteiger partial charge in [-0.3, -0.25) is 0 Å². The Bertz CT molecular complexity index is 321. The summed E-state index contributed by atoms with van der Waals surface area (Å²) in [5.41, 5.74) is 0. The zero-order valence-electron chi connectivity index (χ0n) is 6.40. The molecule has 0 aliphatic heterocycles. The number of phenolic OH excluding ortho intramolecular Hbond substituents is 1. The van der Waals surface area contributed by atoms with Gasteiger partial charge >= 0.3 is 0 Å². The molecule has 0 heterocycles. The van der Waals surface area contributed by atoms with Crippen LogP contribution in [0.4, 0.5) is 0 Å². The molecule has 0 saturated carbocycles. The van der Waals surface area contributed by atoms with E-state index in [0.29, 0.717) is 5.75 Å². The van der Waals surface area contributed by atoms with Gasteiger partial charge in [0.1, 0.15) is 0 Å². The fourth-order valence-corrected chi connectivity index (χ4v) is 0.703. The van der Waals surface area contributed by atoms with Gasteiger partial charge in [0.05, 0.1) is 6.26 Å². The van der Waals surface area contributed by atoms with Crippen LogP contribution in [-0.4, -0.2) is 5.11 Å². The summed E-state index contributed by atoms with van der Waals surface area (Å²) in [5.74, 6) is 2.76. The molecule has 1 aromatic carbocycles. The molecule has 0 radical (unpaired) electrons. The Balaban J connectivity index is 2.71. The molecule has 12 heavy (non-hydrogen) atoms. The molecule has 0 aromatic heterocycles. The van der Waals surface area contributed by atoms with Gasteiger partial charge in [-0.15, -0.1) is 6.42 Å². The summed E-state index contributed by atoms with van der Waals surface area (Å²) in [6.45, 7) is 0. The fraction of sp³-hybridized carbons (Fsp3) is 0. The first-order valence-corrected chi connectivity index (χ1v) is 3.40. The van der Waals surface area contributed by atoms with Crippen LogP contribution < -0.4 is 4.74 Å². The van der Waals surface area contributed by atoms with E-state index in [1.807, 2.05) is 0 Å². The first-order chi connectivity index (χ1) is 5.84. The summed E-state index contributed by atoms with van der Waals surface area (Å²) < 4.78 is 5.00. The van der Waals surface area contributed by atoms with Crippen molar-refractivity contribution in [3.8, 4) is 23.8 Å². The summed E-state index contributed by atoms with van der Waals surface area (Å²) >= 11 is 0. The van der Waals surface area contributed by atoms with Crippen LogP contribution in [0.15, 0.2) is 36.6 Å². The van der Waals surface area contributed by atoms with Crippen molar-refractivity contribution in [1.82, 2.24) is 0 Å². The molecule has 0 bridgehead atoms. The lowest BCUT2D eigenvalue weighted by Gasteiger charge is -2.00.